The molecule has 0 unspecified atom stereocenters. The van der Waals surface area contributed by atoms with Crippen molar-refractivity contribution in [1.82, 2.24) is 4.98 Å². The van der Waals surface area contributed by atoms with Gasteiger partial charge in [-0.25, -0.2) is 0 Å². The van der Waals surface area contributed by atoms with Crippen LogP contribution in [0.2, 0.25) is 0 Å². The Balaban J connectivity index is 0.000000192. The van der Waals surface area contributed by atoms with Crippen molar-refractivity contribution in [2.75, 3.05) is 4.90 Å². The number of hydrogen-bond acceptors (Lipinski definition) is 1. The molecule has 0 aliphatic carbocycles. The number of hydrogen-bond donors (Lipinski definition) is 1. The molecule has 0 aliphatic rings. The van der Waals surface area contributed by atoms with Crippen molar-refractivity contribution in [1.29, 1.82) is 0 Å². The molecule has 0 saturated carbocycles. The van der Waals surface area contributed by atoms with Crippen molar-refractivity contribution in [2.24, 2.45) is 0 Å². The molecule has 1 N–H and O–H groups in total. The van der Waals surface area contributed by atoms with Crippen molar-refractivity contribution in [3.05, 3.63) is 162 Å². The summed E-state index contributed by atoms with van der Waals surface area (Å²) in [5, 5.41) is 2.61. The second-order valence-corrected chi connectivity index (χ2v) is 10.5. The topological polar surface area (TPSA) is 19.0 Å². The molecule has 2 nitrogen and oxygen atoms in total. The second kappa shape index (κ2) is 11.6. The van der Waals surface area contributed by atoms with E-state index in [1.807, 2.05) is 0 Å². The van der Waals surface area contributed by atoms with Crippen molar-refractivity contribution in [3.8, 4) is 11.1 Å². The van der Waals surface area contributed by atoms with Crippen LogP contribution in [0.3, 0.4) is 0 Å². The minimum atomic E-state index is 1.17. The summed E-state index contributed by atoms with van der Waals surface area (Å²) in [4.78, 5) is 5.73. The van der Waals surface area contributed by atoms with E-state index in [-0.39, 0.29) is 0 Å². The number of fused-ring (bicyclic) bond motifs is 3. The molecule has 2 heteroatoms. The van der Waals surface area contributed by atoms with Crippen molar-refractivity contribution < 1.29 is 0 Å². The fourth-order valence-electron chi connectivity index (χ4n) is 5.38. The highest BCUT2D eigenvalue weighted by Gasteiger charge is 2.16. The number of para-hydroxylation sites is 4. The van der Waals surface area contributed by atoms with Crippen molar-refractivity contribution >= 4 is 38.9 Å². The van der Waals surface area contributed by atoms with Crippen LogP contribution in [0.1, 0.15) is 16.7 Å². The molecule has 1 heterocycles. The van der Waals surface area contributed by atoms with Gasteiger partial charge in [0.05, 0.1) is 0 Å². The van der Waals surface area contributed by atoms with Gasteiger partial charge in [-0.1, -0.05) is 115 Å². The first-order valence-electron chi connectivity index (χ1n) is 14.1. The van der Waals surface area contributed by atoms with Gasteiger partial charge in [0, 0.05) is 38.9 Å². The SMILES string of the molecule is Cc1ccc(-c2ccc(N(c3ccccc3C)c3ccccc3C)cc2)cc1.c1ccc2c(c1)[nH]c1ccccc12. The maximum absolute atomic E-state index is 3.38. The lowest BCUT2D eigenvalue weighted by Crippen LogP contribution is -2.12. The number of benzene rings is 6. The van der Waals surface area contributed by atoms with Gasteiger partial charge in [0.1, 0.15) is 0 Å². The summed E-state index contributed by atoms with van der Waals surface area (Å²) in [5.74, 6) is 0. The summed E-state index contributed by atoms with van der Waals surface area (Å²) < 4.78 is 0. The van der Waals surface area contributed by atoms with Crippen LogP contribution in [-0.2, 0) is 0 Å². The Hall–Kier alpha value is -5.08. The molecule has 0 fully saturated rings. The fourth-order valence-corrected chi connectivity index (χ4v) is 5.38. The van der Waals surface area contributed by atoms with Crippen LogP contribution < -0.4 is 4.90 Å². The minimum absolute atomic E-state index is 1.17. The van der Waals surface area contributed by atoms with E-state index in [4.69, 9.17) is 0 Å². The lowest BCUT2D eigenvalue weighted by Gasteiger charge is -2.28. The van der Waals surface area contributed by atoms with E-state index in [1.54, 1.807) is 0 Å². The first kappa shape index (κ1) is 26.2. The summed E-state index contributed by atoms with van der Waals surface area (Å²) in [5.41, 5.74) is 12.3. The van der Waals surface area contributed by atoms with Gasteiger partial charge >= 0.3 is 0 Å². The zero-order chi connectivity index (χ0) is 28.2. The Morgan fingerprint density at radius 1 is 0.415 bits per heavy atom. The van der Waals surface area contributed by atoms with Gasteiger partial charge in [-0.05, 0) is 79.4 Å². The maximum Gasteiger partial charge on any atom is 0.0490 e. The summed E-state index contributed by atoms with van der Waals surface area (Å²) in [6.07, 6.45) is 0. The Bertz CT molecular complexity index is 1820. The minimum Gasteiger partial charge on any atom is -0.355 e. The Labute approximate surface area is 242 Å². The number of nitrogens with one attached hydrogen (secondary N) is 1. The molecule has 1 aromatic heterocycles. The van der Waals surface area contributed by atoms with Gasteiger partial charge < -0.3 is 9.88 Å². The quantitative estimate of drug-likeness (QED) is 0.240. The number of rotatable bonds is 4. The Kier molecular flexibility index (Phi) is 7.38. The highest BCUT2D eigenvalue weighted by atomic mass is 15.1. The zero-order valence-electron chi connectivity index (χ0n) is 23.8. The van der Waals surface area contributed by atoms with Crippen LogP contribution in [-0.4, -0.2) is 4.98 Å². The normalized spacial score (nSPS) is 10.8. The number of nitrogens with zero attached hydrogens (tertiary/aromatic N) is 1. The summed E-state index contributed by atoms with van der Waals surface area (Å²) in [7, 11) is 0. The molecule has 0 aliphatic heterocycles. The molecule has 0 radical (unpaired) electrons. The Morgan fingerprint density at radius 2 is 0.829 bits per heavy atom. The average Bonchev–Trinajstić information content (AvgIpc) is 3.39. The monoisotopic (exact) mass is 530 g/mol. The van der Waals surface area contributed by atoms with Crippen LogP contribution in [0.25, 0.3) is 32.9 Å². The van der Waals surface area contributed by atoms with Crippen molar-refractivity contribution in [3.63, 3.8) is 0 Å². The van der Waals surface area contributed by atoms with Gasteiger partial charge in [0.2, 0.25) is 0 Å². The predicted octanol–water partition coefficient (Wildman–Crippen LogP) is 11.1. The van der Waals surface area contributed by atoms with Crippen molar-refractivity contribution in [2.45, 2.75) is 20.8 Å². The standard InChI is InChI=1S/C27H25N.C12H9N/c1-20-12-14-23(15-13-20)24-16-18-25(19-17-24)28(26-10-6-4-8-21(26)2)27-11-7-5-9-22(27)3;1-3-7-11-9(5-1)10-6-2-4-8-12(10)13-11/h4-19H,1-3H3;1-8,13H. The van der Waals surface area contributed by atoms with E-state index >= 15 is 0 Å². The summed E-state index contributed by atoms with van der Waals surface area (Å²) in [6.45, 7) is 6.46. The zero-order valence-corrected chi connectivity index (χ0v) is 23.8. The third kappa shape index (κ3) is 5.50. The second-order valence-electron chi connectivity index (χ2n) is 10.5. The number of aromatic amines is 1. The van der Waals surface area contributed by atoms with E-state index < -0.39 is 0 Å². The van der Waals surface area contributed by atoms with Crippen LogP contribution in [0.4, 0.5) is 17.1 Å². The smallest absolute Gasteiger partial charge is 0.0490 e. The van der Waals surface area contributed by atoms with Gasteiger partial charge in [-0.15, -0.1) is 0 Å². The third-order valence-electron chi connectivity index (χ3n) is 7.64. The lowest BCUT2D eigenvalue weighted by molar-refractivity contribution is 1.23. The predicted molar refractivity (Wildman–Crippen MR) is 177 cm³/mol. The number of aryl methyl sites for hydroxylation is 3. The number of H-pyrrole nitrogens is 1. The van der Waals surface area contributed by atoms with Crippen LogP contribution in [0, 0.1) is 20.8 Å². The number of aromatic nitrogens is 1. The Morgan fingerprint density at radius 3 is 1.32 bits per heavy atom. The van der Waals surface area contributed by atoms with E-state index in [0.717, 1.165) is 0 Å². The van der Waals surface area contributed by atoms with Gasteiger partial charge in [0.15, 0.2) is 0 Å². The molecule has 0 bridgehead atoms. The third-order valence-corrected chi connectivity index (χ3v) is 7.64. The molecule has 7 rings (SSSR count). The first-order chi connectivity index (χ1) is 20.1. The molecule has 0 saturated heterocycles. The average molecular weight is 531 g/mol. The van der Waals surface area contributed by atoms with E-state index in [1.165, 1.54) is 66.7 Å². The van der Waals surface area contributed by atoms with Gasteiger partial charge in [0.25, 0.3) is 0 Å². The molecular formula is C39H34N2. The lowest BCUT2D eigenvalue weighted by atomic mass is 10.0. The molecule has 6 aromatic carbocycles. The highest BCUT2D eigenvalue weighted by Crippen LogP contribution is 2.38. The molecule has 200 valence electrons. The molecule has 41 heavy (non-hydrogen) atoms. The largest absolute Gasteiger partial charge is 0.355 e. The summed E-state index contributed by atoms with van der Waals surface area (Å²) >= 11 is 0. The summed E-state index contributed by atoms with van der Waals surface area (Å²) in [6, 6.07) is 51.4. The van der Waals surface area contributed by atoms with Gasteiger partial charge in [-0.3, -0.25) is 0 Å². The van der Waals surface area contributed by atoms with E-state index in [2.05, 4.69) is 176 Å². The van der Waals surface area contributed by atoms with Gasteiger partial charge in [-0.2, -0.15) is 0 Å². The highest BCUT2D eigenvalue weighted by molar-refractivity contribution is 6.07. The van der Waals surface area contributed by atoms with E-state index in [9.17, 15) is 0 Å². The fraction of sp³-hybridized carbons (Fsp3) is 0.0769. The van der Waals surface area contributed by atoms with Crippen LogP contribution >= 0.6 is 0 Å². The molecule has 0 atom stereocenters. The van der Waals surface area contributed by atoms with Crippen LogP contribution in [0.15, 0.2) is 146 Å². The molecule has 0 amide bonds. The first-order valence-corrected chi connectivity index (χ1v) is 14.1. The van der Waals surface area contributed by atoms with E-state index in [0.29, 0.717) is 0 Å². The number of anilines is 3. The maximum atomic E-state index is 3.38. The molecule has 7 aromatic rings. The molecular weight excluding hydrogens is 496 g/mol. The molecule has 0 spiro atoms. The van der Waals surface area contributed by atoms with Crippen LogP contribution in [0.5, 0.6) is 0 Å².